The van der Waals surface area contributed by atoms with E-state index in [0.717, 1.165) is 23.4 Å². The summed E-state index contributed by atoms with van der Waals surface area (Å²) in [5.74, 6) is 0. The monoisotopic (exact) mass is 390 g/mol. The number of hydrogen-bond acceptors (Lipinski definition) is 3. The SMILES string of the molecule is CCc1ccc(NC(=O)NCCCn2nc(-c3ccc(C)cc3)ccc2=O)cc1. The zero-order valence-electron chi connectivity index (χ0n) is 16.8. The second kappa shape index (κ2) is 9.68. The van der Waals surface area contributed by atoms with Crippen LogP contribution in [-0.2, 0) is 13.0 Å². The average Bonchev–Trinajstić information content (AvgIpc) is 2.73. The number of hydrogen-bond donors (Lipinski definition) is 2. The molecule has 0 bridgehead atoms. The van der Waals surface area contributed by atoms with Gasteiger partial charge in [-0.25, -0.2) is 9.48 Å². The second-order valence-corrected chi connectivity index (χ2v) is 6.93. The number of aromatic nitrogens is 2. The van der Waals surface area contributed by atoms with E-state index in [-0.39, 0.29) is 11.6 Å². The number of rotatable bonds is 7. The van der Waals surface area contributed by atoms with E-state index in [1.165, 1.54) is 21.9 Å². The topological polar surface area (TPSA) is 76.0 Å². The van der Waals surface area contributed by atoms with Gasteiger partial charge in [0.2, 0.25) is 0 Å². The van der Waals surface area contributed by atoms with Crippen molar-refractivity contribution in [2.75, 3.05) is 11.9 Å². The Morgan fingerprint density at radius 2 is 1.72 bits per heavy atom. The van der Waals surface area contributed by atoms with Crippen molar-refractivity contribution in [3.63, 3.8) is 0 Å². The maximum Gasteiger partial charge on any atom is 0.319 e. The molecule has 0 atom stereocenters. The second-order valence-electron chi connectivity index (χ2n) is 6.93. The van der Waals surface area contributed by atoms with E-state index < -0.39 is 0 Å². The van der Waals surface area contributed by atoms with Gasteiger partial charge in [-0.3, -0.25) is 4.79 Å². The zero-order valence-corrected chi connectivity index (χ0v) is 16.8. The molecule has 0 radical (unpaired) electrons. The summed E-state index contributed by atoms with van der Waals surface area (Å²) in [6.07, 6.45) is 1.57. The first-order valence-corrected chi connectivity index (χ1v) is 9.84. The van der Waals surface area contributed by atoms with Crippen LogP contribution >= 0.6 is 0 Å². The molecule has 2 N–H and O–H groups in total. The molecule has 2 aromatic carbocycles. The first-order chi connectivity index (χ1) is 14.0. The van der Waals surface area contributed by atoms with Gasteiger partial charge in [0, 0.05) is 30.4 Å². The van der Waals surface area contributed by atoms with Crippen LogP contribution in [0.15, 0.2) is 65.5 Å². The highest BCUT2D eigenvalue weighted by Crippen LogP contribution is 2.15. The number of aryl methyl sites for hydroxylation is 3. The number of benzene rings is 2. The van der Waals surface area contributed by atoms with Crippen molar-refractivity contribution in [1.82, 2.24) is 15.1 Å². The van der Waals surface area contributed by atoms with Gasteiger partial charge in [-0.2, -0.15) is 5.10 Å². The number of amides is 2. The molecule has 1 aromatic heterocycles. The van der Waals surface area contributed by atoms with Gasteiger partial charge in [0.1, 0.15) is 0 Å². The van der Waals surface area contributed by atoms with Gasteiger partial charge in [-0.1, -0.05) is 48.9 Å². The van der Waals surface area contributed by atoms with E-state index in [1.807, 2.05) is 55.5 Å². The highest BCUT2D eigenvalue weighted by Gasteiger charge is 2.05. The third kappa shape index (κ3) is 5.78. The molecule has 1 heterocycles. The normalized spacial score (nSPS) is 10.6. The van der Waals surface area contributed by atoms with Crippen LogP contribution in [0.3, 0.4) is 0 Å². The summed E-state index contributed by atoms with van der Waals surface area (Å²) in [6, 6.07) is 18.8. The van der Waals surface area contributed by atoms with Crippen LogP contribution < -0.4 is 16.2 Å². The third-order valence-electron chi connectivity index (χ3n) is 4.67. The summed E-state index contributed by atoms with van der Waals surface area (Å²) in [6.45, 7) is 5.00. The molecule has 0 unspecified atom stereocenters. The van der Waals surface area contributed by atoms with Crippen molar-refractivity contribution in [3.05, 3.63) is 82.1 Å². The number of nitrogens with zero attached hydrogens (tertiary/aromatic N) is 2. The Morgan fingerprint density at radius 3 is 2.41 bits per heavy atom. The van der Waals surface area contributed by atoms with Crippen molar-refractivity contribution in [2.45, 2.75) is 33.2 Å². The minimum absolute atomic E-state index is 0.152. The van der Waals surface area contributed by atoms with Crippen molar-refractivity contribution in [2.24, 2.45) is 0 Å². The molecule has 0 fully saturated rings. The van der Waals surface area contributed by atoms with E-state index in [2.05, 4.69) is 22.7 Å². The Labute approximate surface area is 170 Å². The van der Waals surface area contributed by atoms with E-state index >= 15 is 0 Å². The molecular formula is C23H26N4O2. The van der Waals surface area contributed by atoms with Crippen molar-refractivity contribution in [3.8, 4) is 11.3 Å². The average molecular weight is 390 g/mol. The first kappa shape index (κ1) is 20.3. The quantitative estimate of drug-likeness (QED) is 0.599. The lowest BCUT2D eigenvalue weighted by atomic mass is 10.1. The Bertz CT molecular complexity index is 1010. The first-order valence-electron chi connectivity index (χ1n) is 9.84. The Balaban J connectivity index is 1.50. The van der Waals surface area contributed by atoms with E-state index in [0.29, 0.717) is 19.5 Å². The highest BCUT2D eigenvalue weighted by molar-refractivity contribution is 5.89. The van der Waals surface area contributed by atoms with E-state index in [9.17, 15) is 9.59 Å². The molecule has 150 valence electrons. The van der Waals surface area contributed by atoms with E-state index in [1.54, 1.807) is 6.07 Å². The molecular weight excluding hydrogens is 364 g/mol. The molecule has 0 aliphatic rings. The molecule has 2 amide bonds. The van der Waals surface area contributed by atoms with Crippen LogP contribution in [0.5, 0.6) is 0 Å². The lowest BCUT2D eigenvalue weighted by molar-refractivity contribution is 0.251. The largest absolute Gasteiger partial charge is 0.338 e. The van der Waals surface area contributed by atoms with Crippen molar-refractivity contribution < 1.29 is 4.79 Å². The fourth-order valence-electron chi connectivity index (χ4n) is 2.92. The Morgan fingerprint density at radius 1 is 1.00 bits per heavy atom. The van der Waals surface area contributed by atoms with Crippen molar-refractivity contribution >= 4 is 11.7 Å². The molecule has 3 aromatic rings. The van der Waals surface area contributed by atoms with Gasteiger partial charge < -0.3 is 10.6 Å². The number of carbonyl (C=O) groups excluding carboxylic acids is 1. The molecule has 0 saturated heterocycles. The molecule has 3 rings (SSSR count). The van der Waals surface area contributed by atoms with Crippen LogP contribution in [-0.4, -0.2) is 22.4 Å². The van der Waals surface area contributed by atoms with Crippen LogP contribution in [0.4, 0.5) is 10.5 Å². The smallest absolute Gasteiger partial charge is 0.319 e. The predicted molar refractivity (Wildman–Crippen MR) is 116 cm³/mol. The number of nitrogens with one attached hydrogen (secondary N) is 2. The van der Waals surface area contributed by atoms with Crippen LogP contribution in [0.2, 0.25) is 0 Å². The maximum absolute atomic E-state index is 12.1. The third-order valence-corrected chi connectivity index (χ3v) is 4.67. The molecule has 6 heteroatoms. The number of carbonyl (C=O) groups is 1. The summed E-state index contributed by atoms with van der Waals surface area (Å²) in [7, 11) is 0. The lowest BCUT2D eigenvalue weighted by Crippen LogP contribution is -2.31. The minimum Gasteiger partial charge on any atom is -0.338 e. The van der Waals surface area contributed by atoms with Gasteiger partial charge in [0.15, 0.2) is 0 Å². The zero-order chi connectivity index (χ0) is 20.6. The molecule has 0 aliphatic carbocycles. The van der Waals surface area contributed by atoms with Gasteiger partial charge in [-0.15, -0.1) is 0 Å². The summed E-state index contributed by atoms with van der Waals surface area (Å²) >= 11 is 0. The van der Waals surface area contributed by atoms with Crippen molar-refractivity contribution in [1.29, 1.82) is 0 Å². The predicted octanol–water partition coefficient (Wildman–Crippen LogP) is 3.99. The van der Waals surface area contributed by atoms with Gasteiger partial charge >= 0.3 is 6.03 Å². The fraction of sp³-hybridized carbons (Fsp3) is 0.261. The van der Waals surface area contributed by atoms with Gasteiger partial charge in [0.05, 0.1) is 5.69 Å². The molecule has 6 nitrogen and oxygen atoms in total. The maximum atomic E-state index is 12.1. The van der Waals surface area contributed by atoms with Gasteiger partial charge in [0.25, 0.3) is 5.56 Å². The summed E-state index contributed by atoms with van der Waals surface area (Å²) in [4.78, 5) is 24.1. The fourth-order valence-corrected chi connectivity index (χ4v) is 2.92. The molecule has 0 spiro atoms. The summed E-state index contributed by atoms with van der Waals surface area (Å²) in [5, 5.41) is 10.1. The molecule has 29 heavy (non-hydrogen) atoms. The van der Waals surface area contributed by atoms with Gasteiger partial charge in [-0.05, 0) is 43.5 Å². The summed E-state index contributed by atoms with van der Waals surface area (Å²) < 4.78 is 1.44. The summed E-state index contributed by atoms with van der Waals surface area (Å²) in [5.41, 5.74) is 4.72. The minimum atomic E-state index is -0.261. The van der Waals surface area contributed by atoms with E-state index in [4.69, 9.17) is 0 Å². The number of urea groups is 1. The number of anilines is 1. The lowest BCUT2D eigenvalue weighted by Gasteiger charge is -2.10. The Hall–Kier alpha value is -3.41. The molecule has 0 saturated carbocycles. The Kier molecular flexibility index (Phi) is 6.79. The molecule has 0 aliphatic heterocycles. The van der Waals surface area contributed by atoms with Crippen LogP contribution in [0, 0.1) is 6.92 Å². The standard InChI is InChI=1S/C23H26N4O2/c1-3-18-7-11-20(12-8-18)25-23(29)24-15-4-16-27-22(28)14-13-21(26-27)19-9-5-17(2)6-10-19/h5-14H,3-4,15-16H2,1-2H3,(H2,24,25,29). The highest BCUT2D eigenvalue weighted by atomic mass is 16.2. The van der Waals surface area contributed by atoms with Crippen LogP contribution in [0.25, 0.3) is 11.3 Å². The van der Waals surface area contributed by atoms with Crippen LogP contribution in [0.1, 0.15) is 24.5 Å².